The Labute approximate surface area is 149 Å². The molecule has 1 aliphatic rings. The average molecular weight is 354 g/mol. The van der Waals surface area contributed by atoms with Gasteiger partial charge in [0.1, 0.15) is 13.2 Å². The van der Waals surface area contributed by atoms with Gasteiger partial charge >= 0.3 is 0 Å². The maximum absolute atomic E-state index is 12.6. The van der Waals surface area contributed by atoms with Gasteiger partial charge in [0.05, 0.1) is 12.5 Å². The topological polar surface area (TPSA) is 52.5 Å². The highest BCUT2D eigenvalue weighted by Gasteiger charge is 2.19. The molecule has 1 unspecified atom stereocenters. The summed E-state index contributed by atoms with van der Waals surface area (Å²) >= 11 is 1.66. The first-order valence-corrected chi connectivity index (χ1v) is 9.03. The van der Waals surface area contributed by atoms with Crippen molar-refractivity contribution in [3.8, 4) is 11.5 Å². The number of anilines is 1. The molecule has 0 saturated carbocycles. The van der Waals surface area contributed by atoms with E-state index in [2.05, 4.69) is 16.0 Å². The average Bonchev–Trinajstić information content (AvgIpc) is 3.33. The Morgan fingerprint density at radius 1 is 1.12 bits per heavy atom. The number of nitrogens with zero attached hydrogens (tertiary/aromatic N) is 1. The lowest BCUT2D eigenvalue weighted by Gasteiger charge is -2.20. The highest BCUT2D eigenvalue weighted by atomic mass is 32.1. The molecule has 0 saturated heterocycles. The summed E-state index contributed by atoms with van der Waals surface area (Å²) in [5.74, 6) is 1.35. The van der Waals surface area contributed by atoms with Crippen LogP contribution in [0.25, 0.3) is 0 Å². The molecule has 5 nitrogen and oxygen atoms in total. The van der Waals surface area contributed by atoms with E-state index in [4.69, 9.17) is 9.47 Å². The van der Waals surface area contributed by atoms with E-state index in [0.29, 0.717) is 36.8 Å². The van der Waals surface area contributed by atoms with Crippen LogP contribution in [-0.4, -0.2) is 23.7 Å². The van der Waals surface area contributed by atoms with Crippen LogP contribution in [0.5, 0.6) is 11.5 Å². The number of ether oxygens (including phenoxy) is 2. The van der Waals surface area contributed by atoms with Crippen LogP contribution in [-0.2, 0) is 4.79 Å². The Bertz CT molecular complexity index is 809. The molecular weight excluding hydrogens is 336 g/mol. The second-order valence-corrected chi connectivity index (χ2v) is 6.75. The number of carbonyl (C=O) groups is 1. The predicted octanol–water partition coefficient (Wildman–Crippen LogP) is 3.94. The van der Waals surface area contributed by atoms with Gasteiger partial charge in [-0.05, 0) is 35.7 Å². The third kappa shape index (κ3) is 3.53. The summed E-state index contributed by atoms with van der Waals surface area (Å²) < 4.78 is 13.1. The van der Waals surface area contributed by atoms with Crippen LogP contribution in [0, 0.1) is 0 Å². The van der Waals surface area contributed by atoms with E-state index >= 15 is 0 Å². The van der Waals surface area contributed by atoms with Crippen molar-refractivity contribution in [1.82, 2.24) is 4.57 Å². The van der Waals surface area contributed by atoms with Crippen molar-refractivity contribution in [2.24, 2.45) is 0 Å². The lowest BCUT2D eigenvalue weighted by atomic mass is 10.1. The van der Waals surface area contributed by atoms with Crippen molar-refractivity contribution in [2.45, 2.75) is 12.5 Å². The maximum Gasteiger partial charge on any atom is 0.226 e. The van der Waals surface area contributed by atoms with Crippen LogP contribution in [0.4, 0.5) is 5.69 Å². The van der Waals surface area contributed by atoms with Gasteiger partial charge in [-0.3, -0.25) is 4.79 Å². The molecule has 6 heteroatoms. The summed E-state index contributed by atoms with van der Waals surface area (Å²) in [7, 11) is 0. The second kappa shape index (κ2) is 7.03. The minimum atomic E-state index is -0.0382. The number of hydrogen-bond acceptors (Lipinski definition) is 4. The molecule has 1 aromatic carbocycles. The van der Waals surface area contributed by atoms with Gasteiger partial charge in [0.2, 0.25) is 5.91 Å². The summed E-state index contributed by atoms with van der Waals surface area (Å²) in [6, 6.07) is 13.5. The SMILES string of the molecule is O=C(CC(c1cccs1)n1cccc1)Nc1ccc2c(c1)OCCO2. The molecule has 0 fully saturated rings. The Morgan fingerprint density at radius 2 is 1.92 bits per heavy atom. The first-order valence-electron chi connectivity index (χ1n) is 8.15. The molecule has 4 rings (SSSR count). The fourth-order valence-electron chi connectivity index (χ4n) is 2.90. The summed E-state index contributed by atoms with van der Waals surface area (Å²) in [4.78, 5) is 13.8. The molecule has 3 heterocycles. The molecule has 2 aromatic heterocycles. The highest BCUT2D eigenvalue weighted by Crippen LogP contribution is 2.33. The number of aromatic nitrogens is 1. The first-order chi connectivity index (χ1) is 12.3. The van der Waals surface area contributed by atoms with Crippen LogP contribution >= 0.6 is 11.3 Å². The van der Waals surface area contributed by atoms with E-state index in [1.165, 1.54) is 0 Å². The summed E-state index contributed by atoms with van der Waals surface area (Å²) in [5.41, 5.74) is 0.715. The standard InChI is InChI=1S/C19H18N2O3S/c22-19(20-14-5-6-16-17(12-14)24-10-9-23-16)13-15(18-4-3-11-25-18)21-7-1-2-8-21/h1-8,11-12,15H,9-10,13H2,(H,20,22). The monoisotopic (exact) mass is 354 g/mol. The first kappa shape index (κ1) is 15.8. The van der Waals surface area contributed by atoms with Gasteiger partial charge in [0.15, 0.2) is 11.5 Å². The van der Waals surface area contributed by atoms with Gasteiger partial charge in [-0.1, -0.05) is 6.07 Å². The molecule has 1 atom stereocenters. The molecule has 0 radical (unpaired) electrons. The Balaban J connectivity index is 1.49. The number of nitrogens with one attached hydrogen (secondary N) is 1. The number of rotatable bonds is 5. The molecule has 25 heavy (non-hydrogen) atoms. The van der Waals surface area contributed by atoms with E-state index in [0.717, 1.165) is 4.88 Å². The highest BCUT2D eigenvalue weighted by molar-refractivity contribution is 7.10. The number of fused-ring (bicyclic) bond motifs is 1. The lowest BCUT2D eigenvalue weighted by Crippen LogP contribution is -2.19. The molecule has 1 aliphatic heterocycles. The Kier molecular flexibility index (Phi) is 4.43. The lowest BCUT2D eigenvalue weighted by molar-refractivity contribution is -0.116. The van der Waals surface area contributed by atoms with Crippen molar-refractivity contribution < 1.29 is 14.3 Å². The third-order valence-electron chi connectivity index (χ3n) is 4.06. The summed E-state index contributed by atoms with van der Waals surface area (Å²) in [6.45, 7) is 1.08. The van der Waals surface area contributed by atoms with Crippen LogP contribution in [0.1, 0.15) is 17.3 Å². The minimum Gasteiger partial charge on any atom is -0.486 e. The van der Waals surface area contributed by atoms with Crippen molar-refractivity contribution in [2.75, 3.05) is 18.5 Å². The zero-order valence-electron chi connectivity index (χ0n) is 13.6. The van der Waals surface area contributed by atoms with Crippen LogP contribution in [0.2, 0.25) is 0 Å². The van der Waals surface area contributed by atoms with Crippen molar-refractivity contribution in [3.05, 3.63) is 65.1 Å². The van der Waals surface area contributed by atoms with Crippen molar-refractivity contribution >= 4 is 22.9 Å². The van der Waals surface area contributed by atoms with Gasteiger partial charge in [-0.25, -0.2) is 0 Å². The van der Waals surface area contributed by atoms with Gasteiger partial charge in [0, 0.05) is 29.0 Å². The smallest absolute Gasteiger partial charge is 0.226 e. The van der Waals surface area contributed by atoms with Crippen molar-refractivity contribution in [1.29, 1.82) is 0 Å². The summed E-state index contributed by atoms with van der Waals surface area (Å²) in [5, 5.41) is 5.00. The van der Waals surface area contributed by atoms with Gasteiger partial charge in [-0.15, -0.1) is 11.3 Å². The zero-order valence-corrected chi connectivity index (χ0v) is 14.4. The normalized spacial score (nSPS) is 14.1. The number of amides is 1. The van der Waals surface area contributed by atoms with Crippen molar-refractivity contribution in [3.63, 3.8) is 0 Å². The molecule has 1 N–H and O–H groups in total. The third-order valence-corrected chi connectivity index (χ3v) is 5.04. The largest absolute Gasteiger partial charge is 0.486 e. The predicted molar refractivity (Wildman–Crippen MR) is 97.6 cm³/mol. The van der Waals surface area contributed by atoms with Gasteiger partial charge < -0.3 is 19.4 Å². The number of thiophene rings is 1. The minimum absolute atomic E-state index is 0.00721. The number of hydrogen-bond donors (Lipinski definition) is 1. The van der Waals surface area contributed by atoms with Gasteiger partial charge in [0.25, 0.3) is 0 Å². The Hall–Kier alpha value is -2.73. The van der Waals surface area contributed by atoms with E-state index in [-0.39, 0.29) is 11.9 Å². The molecule has 128 valence electrons. The zero-order chi connectivity index (χ0) is 17.1. The molecule has 1 amide bonds. The van der Waals surface area contributed by atoms with E-state index in [9.17, 15) is 4.79 Å². The van der Waals surface area contributed by atoms with E-state index in [1.807, 2.05) is 54.2 Å². The van der Waals surface area contributed by atoms with Crippen LogP contribution < -0.4 is 14.8 Å². The maximum atomic E-state index is 12.6. The fraction of sp³-hybridized carbons (Fsp3) is 0.211. The summed E-state index contributed by atoms with van der Waals surface area (Å²) in [6.07, 6.45) is 4.34. The van der Waals surface area contributed by atoms with E-state index in [1.54, 1.807) is 11.3 Å². The van der Waals surface area contributed by atoms with Gasteiger partial charge in [-0.2, -0.15) is 0 Å². The van der Waals surface area contributed by atoms with E-state index < -0.39 is 0 Å². The molecule has 3 aromatic rings. The second-order valence-electron chi connectivity index (χ2n) is 5.77. The Morgan fingerprint density at radius 3 is 2.68 bits per heavy atom. The fourth-order valence-corrected chi connectivity index (χ4v) is 3.73. The van der Waals surface area contributed by atoms with Crippen LogP contribution in [0.15, 0.2) is 60.2 Å². The molecule has 0 bridgehead atoms. The molecule has 0 spiro atoms. The quantitative estimate of drug-likeness (QED) is 0.755. The van der Waals surface area contributed by atoms with Crippen LogP contribution in [0.3, 0.4) is 0 Å². The molecule has 0 aliphatic carbocycles. The number of carbonyl (C=O) groups excluding carboxylic acids is 1. The number of benzene rings is 1. The molecular formula is C19H18N2O3S.